The maximum absolute atomic E-state index is 13.9. The van der Waals surface area contributed by atoms with Gasteiger partial charge in [0.15, 0.2) is 0 Å². The third kappa shape index (κ3) is 6.72. The molecule has 2 aliphatic rings. The molecule has 2 saturated heterocycles. The number of likely N-dealkylation sites (tertiary alicyclic amines) is 1. The van der Waals surface area contributed by atoms with Gasteiger partial charge in [-0.15, -0.1) is 0 Å². The highest BCUT2D eigenvalue weighted by molar-refractivity contribution is 5.89. The number of carbonyl (C=O) groups excluding carboxylic acids is 3. The average molecular weight is 491 g/mol. The number of rotatable bonds is 8. The van der Waals surface area contributed by atoms with E-state index in [-0.39, 0.29) is 23.8 Å². The van der Waals surface area contributed by atoms with Crippen molar-refractivity contribution in [3.05, 3.63) is 71.8 Å². The minimum atomic E-state index is -0.705. The van der Waals surface area contributed by atoms with Crippen molar-refractivity contribution < 1.29 is 14.4 Å². The van der Waals surface area contributed by atoms with Crippen molar-refractivity contribution in [2.24, 2.45) is 5.41 Å². The van der Waals surface area contributed by atoms with Gasteiger partial charge in [0.1, 0.15) is 11.8 Å². The van der Waals surface area contributed by atoms with E-state index in [1.807, 2.05) is 60.7 Å². The zero-order chi connectivity index (χ0) is 25.4. The van der Waals surface area contributed by atoms with Crippen molar-refractivity contribution in [2.75, 3.05) is 26.2 Å². The van der Waals surface area contributed by atoms with Crippen LogP contribution in [0.1, 0.15) is 43.7 Å². The van der Waals surface area contributed by atoms with Crippen LogP contribution in [0.2, 0.25) is 0 Å². The topological polar surface area (TPSA) is 90.5 Å². The number of benzene rings is 2. The molecular formula is C29H38N4O3. The first-order valence-corrected chi connectivity index (χ1v) is 13.1. The summed E-state index contributed by atoms with van der Waals surface area (Å²) in [4.78, 5) is 41.5. The Hall–Kier alpha value is -3.19. The number of ketones is 1. The number of piperidine rings is 2. The predicted molar refractivity (Wildman–Crippen MR) is 141 cm³/mol. The molecule has 0 saturated carbocycles. The van der Waals surface area contributed by atoms with E-state index < -0.39 is 11.5 Å². The lowest BCUT2D eigenvalue weighted by Gasteiger charge is -2.42. The molecule has 0 aliphatic carbocycles. The summed E-state index contributed by atoms with van der Waals surface area (Å²) in [6, 6.07) is 18.8. The summed E-state index contributed by atoms with van der Waals surface area (Å²) in [5.41, 5.74) is 1.47. The molecule has 0 aromatic heterocycles. The maximum Gasteiger partial charge on any atom is 0.315 e. The fourth-order valence-electron chi connectivity index (χ4n) is 5.49. The van der Waals surface area contributed by atoms with Gasteiger partial charge in [-0.1, -0.05) is 60.7 Å². The summed E-state index contributed by atoms with van der Waals surface area (Å²) in [7, 11) is 0. The summed E-state index contributed by atoms with van der Waals surface area (Å²) < 4.78 is 0. The van der Waals surface area contributed by atoms with Crippen LogP contribution in [0.25, 0.3) is 0 Å². The minimum Gasteiger partial charge on any atom is -0.340 e. The molecule has 2 aliphatic heterocycles. The highest BCUT2D eigenvalue weighted by Gasteiger charge is 2.42. The van der Waals surface area contributed by atoms with Crippen LogP contribution in [0.5, 0.6) is 0 Å². The van der Waals surface area contributed by atoms with E-state index in [1.54, 1.807) is 11.8 Å². The first kappa shape index (κ1) is 25.9. The molecule has 2 aromatic carbocycles. The Morgan fingerprint density at radius 3 is 2.36 bits per heavy atom. The average Bonchev–Trinajstić information content (AvgIpc) is 2.89. The molecule has 0 bridgehead atoms. The zero-order valence-electron chi connectivity index (χ0n) is 21.2. The molecule has 2 heterocycles. The number of Topliss-reactive ketones (excluding diaryl/α,β-unsaturated/α-hetero) is 1. The monoisotopic (exact) mass is 490 g/mol. The van der Waals surface area contributed by atoms with Gasteiger partial charge in [-0.25, -0.2) is 4.79 Å². The van der Waals surface area contributed by atoms with Gasteiger partial charge in [-0.2, -0.15) is 0 Å². The number of hydrogen-bond donors (Lipinski definition) is 3. The molecule has 0 radical (unpaired) electrons. The lowest BCUT2D eigenvalue weighted by molar-refractivity contribution is -0.141. The van der Waals surface area contributed by atoms with Crippen molar-refractivity contribution in [1.82, 2.24) is 20.9 Å². The van der Waals surface area contributed by atoms with Gasteiger partial charge in [0.05, 0.1) is 5.41 Å². The summed E-state index contributed by atoms with van der Waals surface area (Å²) >= 11 is 0. The van der Waals surface area contributed by atoms with E-state index in [9.17, 15) is 14.4 Å². The Balaban J connectivity index is 1.50. The second kappa shape index (κ2) is 12.2. The van der Waals surface area contributed by atoms with Crippen molar-refractivity contribution in [2.45, 2.75) is 57.5 Å². The van der Waals surface area contributed by atoms with Gasteiger partial charge in [-0.3, -0.25) is 9.59 Å². The highest BCUT2D eigenvalue weighted by atomic mass is 16.2. The fraction of sp³-hybridized carbons (Fsp3) is 0.483. The lowest BCUT2D eigenvalue weighted by Crippen LogP contribution is -2.58. The van der Waals surface area contributed by atoms with Gasteiger partial charge < -0.3 is 20.9 Å². The largest absolute Gasteiger partial charge is 0.340 e. The van der Waals surface area contributed by atoms with Crippen LogP contribution >= 0.6 is 0 Å². The summed E-state index contributed by atoms with van der Waals surface area (Å²) in [5, 5.41) is 9.28. The van der Waals surface area contributed by atoms with E-state index in [2.05, 4.69) is 16.0 Å². The second-order valence-electron chi connectivity index (χ2n) is 10.3. The Bertz CT molecular complexity index is 1020. The zero-order valence-corrected chi connectivity index (χ0v) is 21.2. The molecule has 3 N–H and O–H groups in total. The molecule has 7 nitrogen and oxygen atoms in total. The Morgan fingerprint density at radius 2 is 1.72 bits per heavy atom. The lowest BCUT2D eigenvalue weighted by atomic mass is 9.72. The maximum atomic E-state index is 13.9. The van der Waals surface area contributed by atoms with Crippen molar-refractivity contribution in [3.63, 3.8) is 0 Å². The molecule has 4 rings (SSSR count). The minimum absolute atomic E-state index is 0.0532. The third-order valence-corrected chi connectivity index (χ3v) is 7.54. The SMILES string of the molecule is CC(=O)C1(Cc2ccccc2)CCCN(C(=O)C(Cc2ccccc2)NC(=O)NC2CCCNC2)C1. The van der Waals surface area contributed by atoms with Crippen molar-refractivity contribution in [3.8, 4) is 0 Å². The van der Waals surface area contributed by atoms with Crippen molar-refractivity contribution >= 4 is 17.7 Å². The van der Waals surface area contributed by atoms with Gasteiger partial charge in [0.2, 0.25) is 5.91 Å². The number of urea groups is 1. The van der Waals surface area contributed by atoms with Gasteiger partial charge >= 0.3 is 6.03 Å². The van der Waals surface area contributed by atoms with Gasteiger partial charge in [0.25, 0.3) is 0 Å². The van der Waals surface area contributed by atoms with E-state index in [1.165, 1.54) is 0 Å². The van der Waals surface area contributed by atoms with E-state index >= 15 is 0 Å². The van der Waals surface area contributed by atoms with Crippen LogP contribution in [0, 0.1) is 5.41 Å². The highest BCUT2D eigenvalue weighted by Crippen LogP contribution is 2.35. The first-order chi connectivity index (χ1) is 17.4. The summed E-state index contributed by atoms with van der Waals surface area (Å²) in [6.45, 7) is 4.30. The molecule has 36 heavy (non-hydrogen) atoms. The number of carbonyl (C=O) groups is 3. The number of nitrogens with zero attached hydrogens (tertiary/aromatic N) is 1. The van der Waals surface area contributed by atoms with Crippen LogP contribution in [-0.4, -0.2) is 60.9 Å². The standard InChI is InChI=1S/C29H38N4O3/c1-22(34)29(19-24-12-6-3-7-13-24)15-9-17-33(21-29)27(35)26(18-23-10-4-2-5-11-23)32-28(36)31-25-14-8-16-30-20-25/h2-7,10-13,25-26,30H,8-9,14-21H2,1H3,(H2,31,32,36). The Morgan fingerprint density at radius 1 is 1.03 bits per heavy atom. The molecule has 3 atom stereocenters. The van der Waals surface area contributed by atoms with Crippen molar-refractivity contribution in [1.29, 1.82) is 0 Å². The molecule has 2 fully saturated rings. The Labute approximate surface area is 214 Å². The Kier molecular flexibility index (Phi) is 8.75. The van der Waals surface area contributed by atoms with Crippen LogP contribution in [-0.2, 0) is 22.4 Å². The van der Waals surface area contributed by atoms with E-state index in [0.29, 0.717) is 25.9 Å². The fourth-order valence-corrected chi connectivity index (χ4v) is 5.49. The molecule has 7 heteroatoms. The molecule has 3 amide bonds. The van der Waals surface area contributed by atoms with E-state index in [0.717, 1.165) is 49.9 Å². The predicted octanol–water partition coefficient (Wildman–Crippen LogP) is 3.09. The molecule has 192 valence electrons. The van der Waals surface area contributed by atoms with Gasteiger partial charge in [-0.05, 0) is 56.7 Å². The number of amides is 3. The van der Waals surface area contributed by atoms with Crippen LogP contribution in [0.15, 0.2) is 60.7 Å². The second-order valence-corrected chi connectivity index (χ2v) is 10.3. The first-order valence-electron chi connectivity index (χ1n) is 13.1. The molecule has 3 unspecified atom stereocenters. The molecule has 0 spiro atoms. The van der Waals surface area contributed by atoms with Gasteiger partial charge in [0, 0.05) is 32.1 Å². The molecular weight excluding hydrogens is 452 g/mol. The third-order valence-electron chi connectivity index (χ3n) is 7.54. The molecule has 2 aromatic rings. The van der Waals surface area contributed by atoms with Crippen LogP contribution < -0.4 is 16.0 Å². The van der Waals surface area contributed by atoms with Crippen LogP contribution in [0.4, 0.5) is 4.79 Å². The smallest absolute Gasteiger partial charge is 0.315 e. The number of hydrogen-bond acceptors (Lipinski definition) is 4. The normalized spacial score (nSPS) is 22.9. The summed E-state index contributed by atoms with van der Waals surface area (Å²) in [5.74, 6) is -0.0203. The number of nitrogens with one attached hydrogen (secondary N) is 3. The van der Waals surface area contributed by atoms with E-state index in [4.69, 9.17) is 0 Å². The quantitative estimate of drug-likeness (QED) is 0.531. The summed E-state index contributed by atoms with van der Waals surface area (Å²) in [6.07, 6.45) is 4.46. The van der Waals surface area contributed by atoms with Crippen LogP contribution in [0.3, 0.4) is 0 Å².